The minimum Gasteiger partial charge on any atom is -0.497 e. The van der Waals surface area contributed by atoms with Crippen LogP contribution in [0, 0.1) is 0 Å². The maximum absolute atomic E-state index is 14.7. The molecule has 3 aliphatic heterocycles. The van der Waals surface area contributed by atoms with Crippen LogP contribution in [-0.4, -0.2) is 122 Å². The van der Waals surface area contributed by atoms with E-state index in [9.17, 15) is 28.8 Å². The summed E-state index contributed by atoms with van der Waals surface area (Å²) in [6.45, 7) is 4.46. The zero-order chi connectivity index (χ0) is 40.8. The largest absolute Gasteiger partial charge is 0.497 e. The van der Waals surface area contributed by atoms with Crippen LogP contribution in [0.15, 0.2) is 66.7 Å². The standard InChI is InChI=1S/C41H50N6O9/c1-23-36(48)43-24(2)39(51)45(4)31(19-26-9-14-29(54-7)15-10-26)38(50)44-25(3)40(52)47(6)33-20-27-11-16-30(17-12-27)56-35-22-28(13-18-34(35)55-8)21-32(37(49)42-23)46(5)41(33)53/h9-18,22-25,31-33H,19-21H2,1-8H3,(H,42,49)(H,43,48)(H,44,50)/t23-,24+,25+,31+,32+,33-/m1/s1. The molecule has 3 N–H and O–H groups in total. The van der Waals surface area contributed by atoms with Gasteiger partial charge in [0.2, 0.25) is 35.4 Å². The molecule has 1 saturated heterocycles. The Kier molecular flexibility index (Phi) is 12.9. The van der Waals surface area contributed by atoms with Crippen molar-refractivity contribution in [3.8, 4) is 23.0 Å². The summed E-state index contributed by atoms with van der Waals surface area (Å²) < 4.78 is 17.0. The van der Waals surface area contributed by atoms with Crippen LogP contribution >= 0.6 is 0 Å². The van der Waals surface area contributed by atoms with Crippen molar-refractivity contribution in [2.24, 2.45) is 0 Å². The van der Waals surface area contributed by atoms with Crippen molar-refractivity contribution < 1.29 is 43.0 Å². The number of carbonyl (C=O) groups is 6. The van der Waals surface area contributed by atoms with E-state index in [0.717, 1.165) is 0 Å². The summed E-state index contributed by atoms with van der Waals surface area (Å²) in [6, 6.07) is 12.5. The van der Waals surface area contributed by atoms with Gasteiger partial charge in [-0.2, -0.15) is 0 Å². The minimum atomic E-state index is -1.16. The molecule has 15 nitrogen and oxygen atoms in total. The maximum Gasteiger partial charge on any atom is 0.246 e. The fourth-order valence-corrected chi connectivity index (χ4v) is 6.83. The van der Waals surface area contributed by atoms with Crippen LogP contribution in [0.25, 0.3) is 0 Å². The van der Waals surface area contributed by atoms with E-state index in [1.165, 1.54) is 70.8 Å². The normalized spacial score (nSPS) is 24.3. The molecule has 56 heavy (non-hydrogen) atoms. The molecular formula is C41H50N6O9. The highest BCUT2D eigenvalue weighted by molar-refractivity contribution is 5.98. The number of hydrogen-bond donors (Lipinski definition) is 3. The minimum absolute atomic E-state index is 0.00641. The summed E-state index contributed by atoms with van der Waals surface area (Å²) >= 11 is 0. The summed E-state index contributed by atoms with van der Waals surface area (Å²) in [4.78, 5) is 88.2. The monoisotopic (exact) mass is 770 g/mol. The summed E-state index contributed by atoms with van der Waals surface area (Å²) in [7, 11) is 7.45. The molecule has 0 radical (unpaired) electrons. The van der Waals surface area contributed by atoms with E-state index in [1.807, 2.05) is 0 Å². The molecule has 3 heterocycles. The van der Waals surface area contributed by atoms with Gasteiger partial charge in [0.05, 0.1) is 14.2 Å². The molecule has 0 aliphatic carbocycles. The third-order valence-corrected chi connectivity index (χ3v) is 10.4. The summed E-state index contributed by atoms with van der Waals surface area (Å²) in [5.74, 6) is -1.63. The van der Waals surface area contributed by atoms with E-state index in [1.54, 1.807) is 66.7 Å². The first-order chi connectivity index (χ1) is 26.6. The fraction of sp³-hybridized carbons (Fsp3) is 0.415. The molecule has 0 unspecified atom stereocenters. The van der Waals surface area contributed by atoms with Gasteiger partial charge >= 0.3 is 0 Å². The molecule has 0 spiro atoms. The lowest BCUT2D eigenvalue weighted by molar-refractivity contribution is -0.149. The average molecular weight is 771 g/mol. The second kappa shape index (κ2) is 17.6. The zero-order valence-corrected chi connectivity index (χ0v) is 33.0. The van der Waals surface area contributed by atoms with E-state index in [-0.39, 0.29) is 19.3 Å². The van der Waals surface area contributed by atoms with E-state index < -0.39 is 71.7 Å². The van der Waals surface area contributed by atoms with Crippen LogP contribution in [-0.2, 0) is 48.0 Å². The second-order valence-corrected chi connectivity index (χ2v) is 14.3. The van der Waals surface area contributed by atoms with Crippen LogP contribution in [0.2, 0.25) is 0 Å². The van der Waals surface area contributed by atoms with Crippen LogP contribution < -0.4 is 30.2 Å². The predicted molar refractivity (Wildman–Crippen MR) is 206 cm³/mol. The molecule has 6 bridgehead atoms. The Morgan fingerprint density at radius 3 is 1.79 bits per heavy atom. The van der Waals surface area contributed by atoms with Gasteiger partial charge < -0.3 is 44.9 Å². The first-order valence-corrected chi connectivity index (χ1v) is 18.4. The average Bonchev–Trinajstić information content (AvgIpc) is 3.19. The number of fused-ring (bicyclic) bond motifs is 2. The van der Waals surface area contributed by atoms with Crippen molar-refractivity contribution in [2.75, 3.05) is 35.4 Å². The quantitative estimate of drug-likeness (QED) is 0.358. The summed E-state index contributed by atoms with van der Waals surface area (Å²) in [5, 5.41) is 8.14. The Morgan fingerprint density at radius 1 is 0.607 bits per heavy atom. The van der Waals surface area contributed by atoms with Crippen LogP contribution in [0.4, 0.5) is 0 Å². The number of amides is 6. The molecule has 3 aromatic carbocycles. The predicted octanol–water partition coefficient (Wildman–Crippen LogP) is 1.85. The molecule has 15 heteroatoms. The number of benzene rings is 3. The van der Waals surface area contributed by atoms with Crippen molar-refractivity contribution in [2.45, 2.75) is 76.3 Å². The van der Waals surface area contributed by atoms with Gasteiger partial charge in [-0.05, 0) is 73.9 Å². The van der Waals surface area contributed by atoms with E-state index >= 15 is 0 Å². The summed E-state index contributed by atoms with van der Waals surface area (Å²) in [6.07, 6.45) is 0.139. The van der Waals surface area contributed by atoms with Crippen LogP contribution in [0.5, 0.6) is 23.0 Å². The Bertz CT molecular complexity index is 1950. The van der Waals surface area contributed by atoms with Crippen molar-refractivity contribution >= 4 is 35.4 Å². The smallest absolute Gasteiger partial charge is 0.246 e. The summed E-state index contributed by atoms with van der Waals surface area (Å²) in [5.41, 5.74) is 2.03. The van der Waals surface area contributed by atoms with Crippen molar-refractivity contribution in [3.05, 3.63) is 83.4 Å². The number of methoxy groups -OCH3 is 2. The number of ether oxygens (including phenoxy) is 3. The van der Waals surface area contributed by atoms with Gasteiger partial charge in [0.1, 0.15) is 47.8 Å². The fourth-order valence-electron chi connectivity index (χ4n) is 6.83. The van der Waals surface area contributed by atoms with E-state index in [2.05, 4.69) is 16.0 Å². The van der Waals surface area contributed by atoms with Gasteiger partial charge in [0.15, 0.2) is 11.5 Å². The molecule has 1 fully saturated rings. The highest BCUT2D eigenvalue weighted by atomic mass is 16.5. The zero-order valence-electron chi connectivity index (χ0n) is 33.0. The van der Waals surface area contributed by atoms with Crippen LogP contribution in [0.1, 0.15) is 37.5 Å². The number of carbonyl (C=O) groups excluding carboxylic acids is 6. The Balaban J connectivity index is 1.57. The van der Waals surface area contributed by atoms with Crippen molar-refractivity contribution in [3.63, 3.8) is 0 Å². The molecule has 298 valence electrons. The topological polar surface area (TPSA) is 176 Å². The number of hydrogen-bond acceptors (Lipinski definition) is 9. The number of likely N-dealkylation sites (N-methyl/N-ethyl adjacent to an activating group) is 3. The molecule has 6 rings (SSSR count). The Hall–Kier alpha value is -6.12. The molecule has 6 amide bonds. The van der Waals surface area contributed by atoms with Crippen molar-refractivity contribution in [1.29, 1.82) is 0 Å². The first-order valence-electron chi connectivity index (χ1n) is 18.4. The van der Waals surface area contributed by atoms with Gasteiger partial charge in [0, 0.05) is 40.4 Å². The molecule has 6 atom stereocenters. The third-order valence-electron chi connectivity index (χ3n) is 10.4. The lowest BCUT2D eigenvalue weighted by atomic mass is 9.98. The number of rotatable bonds is 4. The molecule has 3 aromatic rings. The van der Waals surface area contributed by atoms with E-state index in [0.29, 0.717) is 39.7 Å². The highest BCUT2D eigenvalue weighted by Crippen LogP contribution is 2.34. The Morgan fingerprint density at radius 2 is 1.16 bits per heavy atom. The molecule has 0 aromatic heterocycles. The van der Waals surface area contributed by atoms with Crippen LogP contribution in [0.3, 0.4) is 0 Å². The molecule has 0 saturated carbocycles. The first kappa shape index (κ1) is 41.1. The molecular weight excluding hydrogens is 720 g/mol. The van der Waals surface area contributed by atoms with Gasteiger partial charge in [-0.1, -0.05) is 30.3 Å². The SMILES string of the molecule is COc1ccc(C[C@H]2C(=O)N[C@@H](C)C(=O)N(C)[C@@H]3Cc4ccc(cc4)Oc4cc(ccc4OC)C[C@@H](C(=O)N[C@H](C)C(=O)N[C@@H](C)C(=O)N2C)N(C)C3=O)cc1. The van der Waals surface area contributed by atoms with Gasteiger partial charge in [-0.25, -0.2) is 0 Å². The number of nitrogens with zero attached hydrogens (tertiary/aromatic N) is 3. The number of nitrogens with one attached hydrogen (secondary N) is 3. The van der Waals surface area contributed by atoms with E-state index in [4.69, 9.17) is 14.2 Å². The third kappa shape index (κ3) is 9.21. The lowest BCUT2D eigenvalue weighted by Crippen LogP contribution is -2.61. The van der Waals surface area contributed by atoms with Crippen molar-refractivity contribution in [1.82, 2.24) is 30.7 Å². The maximum atomic E-state index is 14.7. The van der Waals surface area contributed by atoms with Gasteiger partial charge in [-0.15, -0.1) is 0 Å². The highest BCUT2D eigenvalue weighted by Gasteiger charge is 2.39. The van der Waals surface area contributed by atoms with Gasteiger partial charge in [0.25, 0.3) is 0 Å². The molecule has 3 aliphatic rings. The second-order valence-electron chi connectivity index (χ2n) is 14.3. The Labute approximate surface area is 326 Å². The lowest BCUT2D eigenvalue weighted by Gasteiger charge is -2.36. The van der Waals surface area contributed by atoms with Gasteiger partial charge in [-0.3, -0.25) is 28.8 Å².